The van der Waals surface area contributed by atoms with Crippen molar-refractivity contribution in [1.82, 2.24) is 0 Å². The minimum absolute atomic E-state index is 0.0879. The highest BCUT2D eigenvalue weighted by atomic mass is 32.2. The van der Waals surface area contributed by atoms with Crippen LogP contribution >= 0.6 is 23.5 Å². The standard InChI is InChI=1S/C16H26O4S2/c1-5-19-13(17)11-6-7-16(21-8-9-22-16)10-12(11)14(18)20-15(2,3)4/h11-12H,5-10H2,1-4H3/t11-,12-/m0/s1. The van der Waals surface area contributed by atoms with E-state index in [9.17, 15) is 9.59 Å². The quantitative estimate of drug-likeness (QED) is 0.729. The lowest BCUT2D eigenvalue weighted by atomic mass is 9.78. The molecule has 22 heavy (non-hydrogen) atoms. The van der Waals surface area contributed by atoms with Gasteiger partial charge in [0.15, 0.2) is 0 Å². The van der Waals surface area contributed by atoms with Gasteiger partial charge in [0, 0.05) is 11.5 Å². The number of carbonyl (C=O) groups excluding carboxylic acids is 2. The lowest BCUT2D eigenvalue weighted by Gasteiger charge is -2.40. The number of hydrogen-bond acceptors (Lipinski definition) is 6. The molecule has 0 aromatic rings. The smallest absolute Gasteiger partial charge is 0.310 e. The van der Waals surface area contributed by atoms with Gasteiger partial charge in [0.25, 0.3) is 0 Å². The minimum atomic E-state index is -0.531. The SMILES string of the molecule is CCOC(=O)[C@H]1CCC2(C[C@@H]1C(=O)OC(C)(C)C)SCCS2. The Labute approximate surface area is 141 Å². The highest BCUT2D eigenvalue weighted by molar-refractivity contribution is 8.21. The second-order valence-electron chi connectivity index (χ2n) is 6.85. The average molecular weight is 347 g/mol. The first kappa shape index (κ1) is 18.0. The first-order valence-electron chi connectivity index (χ1n) is 7.94. The molecule has 4 nitrogen and oxygen atoms in total. The van der Waals surface area contributed by atoms with Crippen LogP contribution in [0.1, 0.15) is 47.0 Å². The van der Waals surface area contributed by atoms with Gasteiger partial charge in [0.05, 0.1) is 22.5 Å². The number of hydrogen-bond donors (Lipinski definition) is 0. The summed E-state index contributed by atoms with van der Waals surface area (Å²) < 4.78 is 10.8. The number of thioether (sulfide) groups is 2. The molecule has 0 unspecified atom stereocenters. The Balaban J connectivity index is 2.15. The lowest BCUT2D eigenvalue weighted by Crippen LogP contribution is -2.43. The highest BCUT2D eigenvalue weighted by Crippen LogP contribution is 2.55. The number of carbonyl (C=O) groups is 2. The van der Waals surface area contributed by atoms with Crippen LogP contribution in [0.25, 0.3) is 0 Å². The van der Waals surface area contributed by atoms with Gasteiger partial charge in [0.1, 0.15) is 5.60 Å². The van der Waals surface area contributed by atoms with E-state index in [4.69, 9.17) is 9.47 Å². The van der Waals surface area contributed by atoms with Crippen LogP contribution in [0.5, 0.6) is 0 Å². The number of ether oxygens (including phenoxy) is 2. The summed E-state index contributed by atoms with van der Waals surface area (Å²) in [5.41, 5.74) is -0.531. The van der Waals surface area contributed by atoms with Gasteiger partial charge in [-0.25, -0.2) is 0 Å². The Hall–Kier alpha value is -0.360. The van der Waals surface area contributed by atoms with E-state index in [1.807, 2.05) is 44.3 Å². The Morgan fingerprint density at radius 1 is 1.14 bits per heavy atom. The Morgan fingerprint density at radius 2 is 1.77 bits per heavy atom. The van der Waals surface area contributed by atoms with E-state index in [1.54, 1.807) is 6.92 Å². The molecule has 1 saturated heterocycles. The minimum Gasteiger partial charge on any atom is -0.466 e. The molecule has 1 spiro atoms. The molecule has 0 aromatic carbocycles. The summed E-state index contributed by atoms with van der Waals surface area (Å²) in [7, 11) is 0. The van der Waals surface area contributed by atoms with Gasteiger partial charge in [-0.2, -0.15) is 0 Å². The Kier molecular flexibility index (Phi) is 5.75. The van der Waals surface area contributed by atoms with Crippen molar-refractivity contribution >= 4 is 35.5 Å². The van der Waals surface area contributed by atoms with Gasteiger partial charge in [0.2, 0.25) is 0 Å². The second kappa shape index (κ2) is 7.04. The van der Waals surface area contributed by atoms with E-state index < -0.39 is 5.60 Å². The van der Waals surface area contributed by atoms with Crippen LogP contribution in [0.2, 0.25) is 0 Å². The summed E-state index contributed by atoms with van der Waals surface area (Å²) in [4.78, 5) is 24.9. The molecule has 1 aliphatic carbocycles. The highest BCUT2D eigenvalue weighted by Gasteiger charge is 2.50. The second-order valence-corrected chi connectivity index (χ2v) is 10.1. The predicted molar refractivity (Wildman–Crippen MR) is 91.0 cm³/mol. The van der Waals surface area contributed by atoms with Gasteiger partial charge >= 0.3 is 11.9 Å². The maximum absolute atomic E-state index is 12.6. The molecule has 2 atom stereocenters. The zero-order chi connectivity index (χ0) is 16.4. The summed E-state index contributed by atoms with van der Waals surface area (Å²) in [5.74, 6) is 0.997. The normalized spacial score (nSPS) is 27.6. The third-order valence-corrected chi connectivity index (χ3v) is 7.54. The molecule has 6 heteroatoms. The number of rotatable bonds is 3. The average Bonchev–Trinajstić information content (AvgIpc) is 2.85. The van der Waals surface area contributed by atoms with Crippen LogP contribution < -0.4 is 0 Å². The molecule has 2 fully saturated rings. The third kappa shape index (κ3) is 4.34. The zero-order valence-corrected chi connectivity index (χ0v) is 15.5. The molecule has 2 rings (SSSR count). The fraction of sp³-hybridized carbons (Fsp3) is 0.875. The van der Waals surface area contributed by atoms with Crippen LogP contribution in [-0.2, 0) is 19.1 Å². The largest absolute Gasteiger partial charge is 0.466 e. The van der Waals surface area contributed by atoms with Gasteiger partial charge in [-0.15, -0.1) is 23.5 Å². The summed E-state index contributed by atoms with van der Waals surface area (Å²) in [6, 6.07) is 0. The fourth-order valence-corrected chi connectivity index (χ4v) is 6.43. The van der Waals surface area contributed by atoms with Crippen molar-refractivity contribution in [2.24, 2.45) is 11.8 Å². The monoisotopic (exact) mass is 346 g/mol. The van der Waals surface area contributed by atoms with Gasteiger partial charge in [-0.1, -0.05) is 0 Å². The zero-order valence-electron chi connectivity index (χ0n) is 13.8. The first-order valence-corrected chi connectivity index (χ1v) is 9.91. The summed E-state index contributed by atoms with van der Waals surface area (Å²) in [6.07, 6.45) is 2.38. The molecule has 2 aliphatic rings. The van der Waals surface area contributed by atoms with Crippen molar-refractivity contribution in [2.45, 2.75) is 56.6 Å². The van der Waals surface area contributed by atoms with E-state index in [0.717, 1.165) is 17.9 Å². The van der Waals surface area contributed by atoms with Crippen molar-refractivity contribution in [3.63, 3.8) is 0 Å². The van der Waals surface area contributed by atoms with Crippen molar-refractivity contribution in [1.29, 1.82) is 0 Å². The molecule has 126 valence electrons. The molecular formula is C16H26O4S2. The summed E-state index contributed by atoms with van der Waals surface area (Å²) in [5, 5.41) is 0. The molecule has 1 aliphatic heterocycles. The summed E-state index contributed by atoms with van der Waals surface area (Å²) in [6.45, 7) is 7.74. The molecular weight excluding hydrogens is 320 g/mol. The molecule has 0 radical (unpaired) electrons. The van der Waals surface area contributed by atoms with Crippen molar-refractivity contribution < 1.29 is 19.1 Å². The maximum Gasteiger partial charge on any atom is 0.310 e. The van der Waals surface area contributed by atoms with Crippen molar-refractivity contribution in [2.75, 3.05) is 18.1 Å². The van der Waals surface area contributed by atoms with Crippen LogP contribution in [0.4, 0.5) is 0 Å². The first-order chi connectivity index (χ1) is 10.3. The van der Waals surface area contributed by atoms with Crippen LogP contribution in [0.15, 0.2) is 0 Å². The summed E-state index contributed by atoms with van der Waals surface area (Å²) >= 11 is 3.87. The Bertz CT molecular complexity index is 424. The van der Waals surface area contributed by atoms with Crippen LogP contribution in [-0.4, -0.2) is 39.7 Å². The van der Waals surface area contributed by atoms with E-state index >= 15 is 0 Å². The molecule has 0 aromatic heterocycles. The van der Waals surface area contributed by atoms with Crippen molar-refractivity contribution in [3.05, 3.63) is 0 Å². The molecule has 1 saturated carbocycles. The number of esters is 2. The van der Waals surface area contributed by atoms with E-state index in [1.165, 1.54) is 0 Å². The topological polar surface area (TPSA) is 52.6 Å². The van der Waals surface area contributed by atoms with Gasteiger partial charge in [-0.3, -0.25) is 9.59 Å². The predicted octanol–water partition coefficient (Wildman–Crippen LogP) is 3.48. The van der Waals surface area contributed by atoms with Gasteiger partial charge in [-0.05, 0) is 47.0 Å². The van der Waals surface area contributed by atoms with Gasteiger partial charge < -0.3 is 9.47 Å². The van der Waals surface area contributed by atoms with E-state index in [2.05, 4.69) is 0 Å². The molecule has 0 bridgehead atoms. The van der Waals surface area contributed by atoms with Crippen LogP contribution in [0.3, 0.4) is 0 Å². The van der Waals surface area contributed by atoms with Crippen LogP contribution in [0, 0.1) is 11.8 Å². The molecule has 0 amide bonds. The van der Waals surface area contributed by atoms with E-state index in [0.29, 0.717) is 19.4 Å². The Morgan fingerprint density at radius 3 is 2.32 bits per heavy atom. The lowest BCUT2D eigenvalue weighted by molar-refractivity contribution is -0.170. The fourth-order valence-electron chi connectivity index (χ4n) is 3.07. The molecule has 0 N–H and O–H groups in total. The third-order valence-electron chi connectivity index (χ3n) is 3.97. The molecule has 1 heterocycles. The maximum atomic E-state index is 12.6. The van der Waals surface area contributed by atoms with Crippen molar-refractivity contribution in [3.8, 4) is 0 Å². The van der Waals surface area contributed by atoms with E-state index in [-0.39, 0.29) is 27.9 Å².